The van der Waals surface area contributed by atoms with Crippen molar-refractivity contribution in [3.8, 4) is 0 Å². The number of nitrogens with one attached hydrogen (secondary N) is 1. The van der Waals surface area contributed by atoms with E-state index >= 15 is 0 Å². The Hall–Kier alpha value is -0.570. The molecule has 0 aromatic carbocycles. The molecule has 0 radical (unpaired) electrons. The fraction of sp³-hybridized carbons (Fsp3) is 0.900. The van der Waals surface area contributed by atoms with Crippen LogP contribution in [0.1, 0.15) is 33.1 Å². The Bertz CT molecular complexity index is 187. The zero-order valence-electron chi connectivity index (χ0n) is 8.77. The fourth-order valence-electron chi connectivity index (χ4n) is 1.91. The molecule has 1 saturated heterocycles. The fourth-order valence-corrected chi connectivity index (χ4v) is 1.91. The van der Waals surface area contributed by atoms with E-state index in [1.54, 1.807) is 0 Å². The van der Waals surface area contributed by atoms with Gasteiger partial charge in [0.25, 0.3) is 0 Å². The van der Waals surface area contributed by atoms with Crippen LogP contribution in [0.25, 0.3) is 0 Å². The molecule has 0 spiro atoms. The molecule has 1 heterocycles. The quantitative estimate of drug-likeness (QED) is 0.512. The van der Waals surface area contributed by atoms with E-state index in [9.17, 15) is 0 Å². The summed E-state index contributed by atoms with van der Waals surface area (Å²) in [6.45, 7) is 8.15. The van der Waals surface area contributed by atoms with Gasteiger partial charge in [-0.2, -0.15) is 0 Å². The Kier molecular flexibility index (Phi) is 3.31. The summed E-state index contributed by atoms with van der Waals surface area (Å²) in [5.74, 6) is 0.318. The van der Waals surface area contributed by atoms with Crippen molar-refractivity contribution in [3.63, 3.8) is 0 Å². The van der Waals surface area contributed by atoms with Crippen LogP contribution in [0.2, 0.25) is 0 Å². The molecule has 76 valence electrons. The van der Waals surface area contributed by atoms with Crippen LogP contribution in [0, 0.1) is 10.8 Å². The van der Waals surface area contributed by atoms with E-state index < -0.39 is 0 Å². The molecule has 3 nitrogen and oxygen atoms in total. The van der Waals surface area contributed by atoms with Gasteiger partial charge < -0.3 is 10.6 Å². The van der Waals surface area contributed by atoms with Crippen LogP contribution in [0.4, 0.5) is 0 Å². The second-order valence-electron chi connectivity index (χ2n) is 4.82. The second-order valence-corrected chi connectivity index (χ2v) is 4.82. The number of likely N-dealkylation sites (tertiary alicyclic amines) is 1. The lowest BCUT2D eigenvalue weighted by atomic mass is 9.93. The van der Waals surface area contributed by atoms with Gasteiger partial charge in [0.1, 0.15) is 0 Å². The third-order valence-electron chi connectivity index (χ3n) is 2.68. The van der Waals surface area contributed by atoms with Gasteiger partial charge in [-0.15, -0.1) is 0 Å². The lowest BCUT2D eigenvalue weighted by Crippen LogP contribution is -2.25. The summed E-state index contributed by atoms with van der Waals surface area (Å²) in [5.41, 5.74) is 5.79. The minimum Gasteiger partial charge on any atom is -0.388 e. The van der Waals surface area contributed by atoms with E-state index in [-0.39, 0.29) is 0 Å². The standard InChI is InChI=1S/C10H21N3/c1-10(2)5-7-13(8-10)6-3-4-9(11)12/h3-8H2,1-2H3,(H3,11,12). The molecular weight excluding hydrogens is 162 g/mol. The van der Waals surface area contributed by atoms with Gasteiger partial charge in [-0.25, -0.2) is 0 Å². The van der Waals surface area contributed by atoms with E-state index in [0.717, 1.165) is 19.4 Å². The van der Waals surface area contributed by atoms with Gasteiger partial charge in [0, 0.05) is 13.0 Å². The number of rotatable bonds is 4. The highest BCUT2D eigenvalue weighted by atomic mass is 15.1. The predicted molar refractivity (Wildman–Crippen MR) is 56.0 cm³/mol. The largest absolute Gasteiger partial charge is 0.388 e. The first-order chi connectivity index (χ1) is 5.99. The van der Waals surface area contributed by atoms with Crippen molar-refractivity contribution in [3.05, 3.63) is 0 Å². The zero-order chi connectivity index (χ0) is 9.90. The molecule has 1 aliphatic heterocycles. The third kappa shape index (κ3) is 3.77. The highest BCUT2D eigenvalue weighted by Crippen LogP contribution is 2.28. The van der Waals surface area contributed by atoms with Crippen molar-refractivity contribution < 1.29 is 0 Å². The first kappa shape index (κ1) is 10.5. The van der Waals surface area contributed by atoms with Gasteiger partial charge in [-0.3, -0.25) is 5.41 Å². The molecule has 0 unspecified atom stereocenters. The lowest BCUT2D eigenvalue weighted by molar-refractivity contribution is 0.289. The highest BCUT2D eigenvalue weighted by Gasteiger charge is 2.28. The van der Waals surface area contributed by atoms with E-state index in [4.69, 9.17) is 11.1 Å². The number of nitrogens with two attached hydrogens (primary N) is 1. The highest BCUT2D eigenvalue weighted by molar-refractivity contribution is 5.76. The molecule has 0 amide bonds. The molecule has 1 aliphatic rings. The molecule has 3 heteroatoms. The Balaban J connectivity index is 2.14. The Morgan fingerprint density at radius 3 is 2.69 bits per heavy atom. The minimum atomic E-state index is 0.318. The summed E-state index contributed by atoms with van der Waals surface area (Å²) in [6.07, 6.45) is 3.08. The number of hydrogen-bond acceptors (Lipinski definition) is 2. The topological polar surface area (TPSA) is 53.1 Å². The monoisotopic (exact) mass is 183 g/mol. The first-order valence-corrected chi connectivity index (χ1v) is 5.05. The SMILES string of the molecule is CC1(C)CCN(CCCC(=N)N)C1. The van der Waals surface area contributed by atoms with Crippen LogP contribution in [-0.4, -0.2) is 30.4 Å². The van der Waals surface area contributed by atoms with Crippen molar-refractivity contribution >= 4 is 5.84 Å². The van der Waals surface area contributed by atoms with Crippen molar-refractivity contribution in [1.29, 1.82) is 5.41 Å². The summed E-state index contributed by atoms with van der Waals surface area (Å²) in [5, 5.41) is 7.11. The Morgan fingerprint density at radius 2 is 2.23 bits per heavy atom. The summed E-state index contributed by atoms with van der Waals surface area (Å²) < 4.78 is 0. The van der Waals surface area contributed by atoms with Gasteiger partial charge in [-0.1, -0.05) is 13.8 Å². The number of hydrogen-bond donors (Lipinski definition) is 2. The maximum absolute atomic E-state index is 7.11. The van der Waals surface area contributed by atoms with Gasteiger partial charge in [0.15, 0.2) is 0 Å². The van der Waals surface area contributed by atoms with Gasteiger partial charge in [0.2, 0.25) is 0 Å². The third-order valence-corrected chi connectivity index (χ3v) is 2.68. The summed E-state index contributed by atoms with van der Waals surface area (Å²) in [4.78, 5) is 2.48. The Labute approximate surface area is 80.8 Å². The number of nitrogens with zero attached hydrogens (tertiary/aromatic N) is 1. The molecule has 0 aliphatic carbocycles. The van der Waals surface area contributed by atoms with Gasteiger partial charge in [-0.05, 0) is 31.3 Å². The maximum atomic E-state index is 7.11. The zero-order valence-corrected chi connectivity index (χ0v) is 8.77. The second kappa shape index (κ2) is 4.09. The van der Waals surface area contributed by atoms with E-state index in [1.165, 1.54) is 19.5 Å². The maximum Gasteiger partial charge on any atom is 0.0905 e. The summed E-state index contributed by atoms with van der Waals surface area (Å²) in [6, 6.07) is 0. The smallest absolute Gasteiger partial charge is 0.0905 e. The molecule has 0 aromatic heterocycles. The molecule has 1 fully saturated rings. The molecule has 3 N–H and O–H groups in total. The molecule has 0 atom stereocenters. The van der Waals surface area contributed by atoms with E-state index in [1.807, 2.05) is 0 Å². The van der Waals surface area contributed by atoms with Crippen LogP contribution in [0.15, 0.2) is 0 Å². The first-order valence-electron chi connectivity index (χ1n) is 5.05. The molecule has 1 rings (SSSR count). The predicted octanol–water partition coefficient (Wildman–Crippen LogP) is 1.43. The van der Waals surface area contributed by atoms with Crippen molar-refractivity contribution in [2.75, 3.05) is 19.6 Å². The summed E-state index contributed by atoms with van der Waals surface area (Å²) >= 11 is 0. The van der Waals surface area contributed by atoms with E-state index in [0.29, 0.717) is 11.3 Å². The molecular formula is C10H21N3. The molecule has 0 saturated carbocycles. The van der Waals surface area contributed by atoms with E-state index in [2.05, 4.69) is 18.7 Å². The molecule has 0 aromatic rings. The van der Waals surface area contributed by atoms with Crippen LogP contribution < -0.4 is 5.73 Å². The van der Waals surface area contributed by atoms with Crippen LogP contribution in [0.3, 0.4) is 0 Å². The van der Waals surface area contributed by atoms with Gasteiger partial charge >= 0.3 is 0 Å². The average Bonchev–Trinajstić information content (AvgIpc) is 2.29. The van der Waals surface area contributed by atoms with Crippen molar-refractivity contribution in [2.24, 2.45) is 11.1 Å². The van der Waals surface area contributed by atoms with Gasteiger partial charge in [0.05, 0.1) is 5.84 Å². The lowest BCUT2D eigenvalue weighted by Gasteiger charge is -2.19. The van der Waals surface area contributed by atoms with Crippen LogP contribution in [0.5, 0.6) is 0 Å². The summed E-state index contributed by atoms with van der Waals surface area (Å²) in [7, 11) is 0. The minimum absolute atomic E-state index is 0.318. The van der Waals surface area contributed by atoms with Crippen molar-refractivity contribution in [1.82, 2.24) is 4.90 Å². The molecule has 0 bridgehead atoms. The van der Waals surface area contributed by atoms with Crippen molar-refractivity contribution in [2.45, 2.75) is 33.1 Å². The average molecular weight is 183 g/mol. The van der Waals surface area contributed by atoms with Crippen LogP contribution in [-0.2, 0) is 0 Å². The Morgan fingerprint density at radius 1 is 1.54 bits per heavy atom. The normalized spacial score (nSPS) is 22.0. The number of amidine groups is 1. The van der Waals surface area contributed by atoms with Crippen LogP contribution >= 0.6 is 0 Å². The molecule has 13 heavy (non-hydrogen) atoms.